The molecule has 1 spiro atoms. The van der Waals surface area contributed by atoms with Crippen molar-refractivity contribution < 1.29 is 4.79 Å². The zero-order valence-electron chi connectivity index (χ0n) is 14.6. The van der Waals surface area contributed by atoms with Gasteiger partial charge in [0.15, 0.2) is 0 Å². The number of benzene rings is 1. The second kappa shape index (κ2) is 6.25. The van der Waals surface area contributed by atoms with Gasteiger partial charge in [-0.1, -0.05) is 13.0 Å². The number of amides is 1. The Morgan fingerprint density at radius 3 is 2.83 bits per heavy atom. The lowest BCUT2D eigenvalue weighted by molar-refractivity contribution is -0.147. The first-order chi connectivity index (χ1) is 11.7. The molecule has 2 fully saturated rings. The van der Waals surface area contributed by atoms with Crippen LogP contribution in [-0.2, 0) is 11.3 Å². The molecular formula is C20H27N3O. The number of likely N-dealkylation sites (tertiary alicyclic amines) is 2. The number of aromatic amines is 1. The van der Waals surface area contributed by atoms with Crippen LogP contribution < -0.4 is 0 Å². The Bertz CT molecular complexity index is 735. The van der Waals surface area contributed by atoms with E-state index in [0.29, 0.717) is 5.91 Å². The third kappa shape index (κ3) is 2.53. The van der Waals surface area contributed by atoms with Crippen molar-refractivity contribution >= 4 is 16.8 Å². The molecule has 4 nitrogen and oxygen atoms in total. The highest BCUT2D eigenvalue weighted by Crippen LogP contribution is 2.39. The molecule has 2 saturated heterocycles. The van der Waals surface area contributed by atoms with E-state index < -0.39 is 0 Å². The molecule has 1 aromatic carbocycles. The Balaban J connectivity index is 1.58. The van der Waals surface area contributed by atoms with Crippen LogP contribution in [0.3, 0.4) is 0 Å². The minimum absolute atomic E-state index is 0.236. The van der Waals surface area contributed by atoms with Crippen LogP contribution in [-0.4, -0.2) is 45.9 Å². The second-order valence-corrected chi connectivity index (χ2v) is 7.35. The van der Waals surface area contributed by atoms with Crippen molar-refractivity contribution in [3.8, 4) is 0 Å². The monoisotopic (exact) mass is 325 g/mol. The molecule has 24 heavy (non-hydrogen) atoms. The van der Waals surface area contributed by atoms with Gasteiger partial charge < -0.3 is 9.88 Å². The van der Waals surface area contributed by atoms with Crippen molar-refractivity contribution in [2.24, 2.45) is 0 Å². The van der Waals surface area contributed by atoms with Gasteiger partial charge in [0, 0.05) is 31.3 Å². The Morgan fingerprint density at radius 1 is 1.17 bits per heavy atom. The van der Waals surface area contributed by atoms with Crippen LogP contribution in [0.15, 0.2) is 30.5 Å². The van der Waals surface area contributed by atoms with Gasteiger partial charge in [-0.05, 0) is 67.8 Å². The average Bonchev–Trinajstić information content (AvgIpc) is 3.20. The van der Waals surface area contributed by atoms with Gasteiger partial charge in [0.1, 0.15) is 5.54 Å². The number of carbonyl (C=O) groups is 1. The van der Waals surface area contributed by atoms with Gasteiger partial charge in [-0.25, -0.2) is 0 Å². The Labute approximate surface area is 143 Å². The maximum atomic E-state index is 13.2. The van der Waals surface area contributed by atoms with Crippen LogP contribution in [0.25, 0.3) is 10.9 Å². The maximum Gasteiger partial charge on any atom is 0.243 e. The van der Waals surface area contributed by atoms with Gasteiger partial charge in [0.25, 0.3) is 0 Å². The summed E-state index contributed by atoms with van der Waals surface area (Å²) in [6, 6.07) is 8.73. The number of nitrogens with zero attached hydrogens (tertiary/aromatic N) is 2. The molecule has 0 aliphatic carbocycles. The molecule has 2 aromatic rings. The van der Waals surface area contributed by atoms with Crippen molar-refractivity contribution in [2.45, 2.75) is 51.1 Å². The normalized spacial score (nSPS) is 25.2. The smallest absolute Gasteiger partial charge is 0.243 e. The average molecular weight is 325 g/mol. The Kier molecular flexibility index (Phi) is 4.09. The van der Waals surface area contributed by atoms with Crippen molar-refractivity contribution in [3.63, 3.8) is 0 Å². The highest BCUT2D eigenvalue weighted by Gasteiger charge is 2.50. The van der Waals surface area contributed by atoms with Crippen LogP contribution in [0.4, 0.5) is 0 Å². The third-order valence-corrected chi connectivity index (χ3v) is 5.81. The molecule has 0 radical (unpaired) electrons. The van der Waals surface area contributed by atoms with E-state index >= 15 is 0 Å². The number of piperidine rings is 1. The second-order valence-electron chi connectivity index (χ2n) is 7.35. The number of fused-ring (bicyclic) bond motifs is 1. The number of H-pyrrole nitrogens is 1. The number of hydrogen-bond donors (Lipinski definition) is 1. The summed E-state index contributed by atoms with van der Waals surface area (Å²) in [6.45, 7) is 5.93. The quantitative estimate of drug-likeness (QED) is 0.934. The van der Waals surface area contributed by atoms with Gasteiger partial charge in [-0.3, -0.25) is 9.69 Å². The SMILES string of the molecule is CCCN1CCCC2(CCCN2Cc2ccc3[nH]ccc3c2)C1=O. The summed E-state index contributed by atoms with van der Waals surface area (Å²) >= 11 is 0. The number of rotatable bonds is 4. The first-order valence-corrected chi connectivity index (χ1v) is 9.33. The zero-order chi connectivity index (χ0) is 16.6. The predicted octanol–water partition coefficient (Wildman–Crippen LogP) is 3.53. The minimum atomic E-state index is -0.236. The Morgan fingerprint density at radius 2 is 2.00 bits per heavy atom. The summed E-state index contributed by atoms with van der Waals surface area (Å²) in [5.41, 5.74) is 2.25. The van der Waals surface area contributed by atoms with Crippen LogP contribution in [0.2, 0.25) is 0 Å². The van der Waals surface area contributed by atoms with E-state index in [1.807, 2.05) is 6.20 Å². The molecule has 1 N–H and O–H groups in total. The molecular weight excluding hydrogens is 298 g/mol. The lowest BCUT2D eigenvalue weighted by Gasteiger charge is -2.44. The summed E-state index contributed by atoms with van der Waals surface area (Å²) in [4.78, 5) is 21.0. The molecule has 0 bridgehead atoms. The molecule has 0 saturated carbocycles. The van der Waals surface area contributed by atoms with Crippen molar-refractivity contribution in [2.75, 3.05) is 19.6 Å². The molecule has 128 valence electrons. The van der Waals surface area contributed by atoms with Gasteiger partial charge >= 0.3 is 0 Å². The lowest BCUT2D eigenvalue weighted by Crippen LogP contribution is -2.59. The van der Waals surface area contributed by atoms with E-state index in [1.54, 1.807) is 0 Å². The van der Waals surface area contributed by atoms with E-state index in [4.69, 9.17) is 0 Å². The molecule has 1 unspecified atom stereocenters. The van der Waals surface area contributed by atoms with Crippen LogP contribution in [0.5, 0.6) is 0 Å². The topological polar surface area (TPSA) is 39.3 Å². The van der Waals surface area contributed by atoms with E-state index in [-0.39, 0.29) is 5.54 Å². The zero-order valence-corrected chi connectivity index (χ0v) is 14.6. The number of aromatic nitrogens is 1. The molecule has 3 heterocycles. The lowest BCUT2D eigenvalue weighted by atomic mass is 9.85. The van der Waals surface area contributed by atoms with E-state index in [0.717, 1.165) is 58.3 Å². The van der Waals surface area contributed by atoms with E-state index in [2.05, 4.69) is 46.0 Å². The van der Waals surface area contributed by atoms with E-state index in [1.165, 1.54) is 16.5 Å². The fourth-order valence-electron chi connectivity index (χ4n) is 4.66. The van der Waals surface area contributed by atoms with Gasteiger partial charge in [0.2, 0.25) is 5.91 Å². The molecule has 1 atom stereocenters. The van der Waals surface area contributed by atoms with Crippen molar-refractivity contribution in [1.82, 2.24) is 14.8 Å². The number of nitrogens with one attached hydrogen (secondary N) is 1. The number of hydrogen-bond acceptors (Lipinski definition) is 2. The Hall–Kier alpha value is -1.81. The van der Waals surface area contributed by atoms with Crippen molar-refractivity contribution in [3.05, 3.63) is 36.0 Å². The number of carbonyl (C=O) groups excluding carboxylic acids is 1. The maximum absolute atomic E-state index is 13.2. The summed E-state index contributed by atoms with van der Waals surface area (Å²) in [7, 11) is 0. The van der Waals surface area contributed by atoms with Crippen LogP contribution >= 0.6 is 0 Å². The summed E-state index contributed by atoms with van der Waals surface area (Å²) in [5.74, 6) is 0.385. The fourth-order valence-corrected chi connectivity index (χ4v) is 4.66. The fraction of sp³-hybridized carbons (Fsp3) is 0.550. The summed E-state index contributed by atoms with van der Waals surface area (Å²) in [6.07, 6.45) is 7.36. The highest BCUT2D eigenvalue weighted by atomic mass is 16.2. The molecule has 2 aliphatic rings. The molecule has 4 heteroatoms. The standard InChI is InChI=1S/C20H27N3O/c1-2-11-22-12-3-8-20(19(22)24)9-4-13-23(20)15-16-5-6-18-17(14-16)7-10-21-18/h5-7,10,14,21H,2-4,8-9,11-13,15H2,1H3. The largest absolute Gasteiger partial charge is 0.361 e. The molecule has 1 aromatic heterocycles. The third-order valence-electron chi connectivity index (χ3n) is 5.81. The molecule has 2 aliphatic heterocycles. The van der Waals surface area contributed by atoms with Crippen LogP contribution in [0.1, 0.15) is 44.6 Å². The van der Waals surface area contributed by atoms with Crippen LogP contribution in [0, 0.1) is 0 Å². The predicted molar refractivity (Wildman–Crippen MR) is 96.8 cm³/mol. The molecule has 4 rings (SSSR count). The summed E-state index contributed by atoms with van der Waals surface area (Å²) < 4.78 is 0. The minimum Gasteiger partial charge on any atom is -0.361 e. The highest BCUT2D eigenvalue weighted by molar-refractivity contribution is 5.87. The van der Waals surface area contributed by atoms with Crippen molar-refractivity contribution in [1.29, 1.82) is 0 Å². The van der Waals surface area contributed by atoms with Gasteiger partial charge in [-0.15, -0.1) is 0 Å². The van der Waals surface area contributed by atoms with Gasteiger partial charge in [0.05, 0.1) is 0 Å². The summed E-state index contributed by atoms with van der Waals surface area (Å²) in [5, 5.41) is 1.25. The first kappa shape index (κ1) is 15.7. The van der Waals surface area contributed by atoms with Gasteiger partial charge in [-0.2, -0.15) is 0 Å². The molecule has 1 amide bonds. The first-order valence-electron chi connectivity index (χ1n) is 9.33. The van der Waals surface area contributed by atoms with E-state index in [9.17, 15) is 4.79 Å².